The van der Waals surface area contributed by atoms with Crippen molar-refractivity contribution in [2.45, 2.75) is 6.61 Å². The minimum atomic E-state index is -0.627. The fourth-order valence-corrected chi connectivity index (χ4v) is 1.43. The van der Waals surface area contributed by atoms with Crippen molar-refractivity contribution in [2.24, 2.45) is 0 Å². The Balaban J connectivity index is 3.40. The highest BCUT2D eigenvalue weighted by atomic mass is 35.5. The molecule has 0 aliphatic carbocycles. The van der Waals surface area contributed by atoms with E-state index >= 15 is 0 Å². The van der Waals surface area contributed by atoms with E-state index in [1.807, 2.05) is 6.07 Å². The number of aliphatic hydroxyl groups excluding tert-OH is 1. The summed E-state index contributed by atoms with van der Waals surface area (Å²) in [6, 6.07) is 4.59. The number of hydrogen-bond acceptors (Lipinski definition) is 4. The summed E-state index contributed by atoms with van der Waals surface area (Å²) in [4.78, 5) is 11.3. The van der Waals surface area contributed by atoms with Gasteiger partial charge < -0.3 is 9.84 Å². The Bertz CT molecular complexity index is 437. The molecule has 1 aromatic rings. The van der Waals surface area contributed by atoms with Gasteiger partial charge in [-0.2, -0.15) is 5.26 Å². The molecule has 0 fully saturated rings. The zero-order valence-electron chi connectivity index (χ0n) is 7.95. The topological polar surface area (TPSA) is 70.3 Å². The molecule has 0 saturated carbocycles. The smallest absolute Gasteiger partial charge is 0.338 e. The Labute approximate surface area is 91.7 Å². The maximum Gasteiger partial charge on any atom is 0.338 e. The lowest BCUT2D eigenvalue weighted by Gasteiger charge is -2.07. The molecule has 0 aromatic heterocycles. The van der Waals surface area contributed by atoms with Gasteiger partial charge in [-0.05, 0) is 12.1 Å². The van der Waals surface area contributed by atoms with E-state index in [-0.39, 0.29) is 28.3 Å². The van der Waals surface area contributed by atoms with Gasteiger partial charge in [-0.15, -0.1) is 0 Å². The first-order valence-corrected chi connectivity index (χ1v) is 4.43. The van der Waals surface area contributed by atoms with E-state index in [1.54, 1.807) is 0 Å². The van der Waals surface area contributed by atoms with Gasteiger partial charge in [0.1, 0.15) is 0 Å². The van der Waals surface area contributed by atoms with E-state index in [2.05, 4.69) is 4.74 Å². The number of nitriles is 1. The Morgan fingerprint density at radius 3 is 2.80 bits per heavy atom. The third-order valence-electron chi connectivity index (χ3n) is 1.89. The van der Waals surface area contributed by atoms with Gasteiger partial charge in [-0.25, -0.2) is 4.79 Å². The number of ether oxygens (including phenoxy) is 1. The summed E-state index contributed by atoms with van der Waals surface area (Å²) in [5.41, 5.74) is 0.629. The van der Waals surface area contributed by atoms with Gasteiger partial charge in [0.05, 0.1) is 30.9 Å². The van der Waals surface area contributed by atoms with Crippen LogP contribution in [-0.4, -0.2) is 18.2 Å². The lowest BCUT2D eigenvalue weighted by molar-refractivity contribution is 0.0597. The molecule has 1 rings (SSSR count). The van der Waals surface area contributed by atoms with Gasteiger partial charge in [0.2, 0.25) is 0 Å². The zero-order chi connectivity index (χ0) is 11.4. The third kappa shape index (κ3) is 2.27. The summed E-state index contributed by atoms with van der Waals surface area (Å²) in [5, 5.41) is 17.9. The second-order valence-electron chi connectivity index (χ2n) is 2.75. The van der Waals surface area contributed by atoms with Crippen LogP contribution in [0.25, 0.3) is 0 Å². The molecule has 0 atom stereocenters. The number of carbonyl (C=O) groups excluding carboxylic acids is 1. The molecule has 0 aliphatic rings. The lowest BCUT2D eigenvalue weighted by atomic mass is 10.0. The standard InChI is InChI=1S/C10H8ClNO3/c1-15-10(14)7-2-6(4-12)3-9(11)8(7)5-13/h2-3,13H,5H2,1H3. The molecule has 0 unspecified atom stereocenters. The predicted molar refractivity (Wildman–Crippen MR) is 53.4 cm³/mol. The normalized spacial score (nSPS) is 9.47. The second-order valence-corrected chi connectivity index (χ2v) is 3.15. The van der Waals surface area contributed by atoms with Crippen molar-refractivity contribution < 1.29 is 14.6 Å². The van der Waals surface area contributed by atoms with Crippen molar-refractivity contribution in [2.75, 3.05) is 7.11 Å². The molecule has 0 spiro atoms. The average Bonchev–Trinajstić information content (AvgIpc) is 2.26. The first kappa shape index (κ1) is 11.5. The quantitative estimate of drug-likeness (QED) is 0.775. The van der Waals surface area contributed by atoms with Crippen molar-refractivity contribution in [3.8, 4) is 6.07 Å². The summed E-state index contributed by atoms with van der Waals surface area (Å²) >= 11 is 5.80. The second kappa shape index (κ2) is 4.78. The molecular formula is C10H8ClNO3. The number of methoxy groups -OCH3 is 1. The highest BCUT2D eigenvalue weighted by Crippen LogP contribution is 2.23. The molecule has 0 radical (unpaired) electrons. The molecule has 15 heavy (non-hydrogen) atoms. The van der Waals surface area contributed by atoms with Gasteiger partial charge >= 0.3 is 5.97 Å². The Morgan fingerprint density at radius 2 is 2.33 bits per heavy atom. The molecular weight excluding hydrogens is 218 g/mol. The number of hydrogen-bond donors (Lipinski definition) is 1. The van der Waals surface area contributed by atoms with Crippen LogP contribution in [0.2, 0.25) is 5.02 Å². The minimum absolute atomic E-state index is 0.115. The molecule has 0 heterocycles. The molecule has 78 valence electrons. The van der Waals surface area contributed by atoms with Crippen LogP contribution < -0.4 is 0 Å². The van der Waals surface area contributed by atoms with Gasteiger partial charge in [0.15, 0.2) is 0 Å². The number of nitrogens with zero attached hydrogens (tertiary/aromatic N) is 1. The average molecular weight is 226 g/mol. The maximum absolute atomic E-state index is 11.3. The van der Waals surface area contributed by atoms with Crippen LogP contribution in [0.4, 0.5) is 0 Å². The minimum Gasteiger partial charge on any atom is -0.465 e. The Kier molecular flexibility index (Phi) is 3.67. The van der Waals surface area contributed by atoms with Crippen molar-refractivity contribution in [3.63, 3.8) is 0 Å². The van der Waals surface area contributed by atoms with Crippen LogP contribution in [-0.2, 0) is 11.3 Å². The number of benzene rings is 1. The van der Waals surface area contributed by atoms with Crippen LogP contribution in [0.5, 0.6) is 0 Å². The number of rotatable bonds is 2. The number of esters is 1. The van der Waals surface area contributed by atoms with E-state index < -0.39 is 5.97 Å². The highest BCUT2D eigenvalue weighted by Gasteiger charge is 2.15. The van der Waals surface area contributed by atoms with Crippen LogP contribution in [0.1, 0.15) is 21.5 Å². The third-order valence-corrected chi connectivity index (χ3v) is 2.23. The summed E-state index contributed by atoms with van der Waals surface area (Å²) in [7, 11) is 1.22. The Hall–Kier alpha value is -1.57. The van der Waals surface area contributed by atoms with Gasteiger partial charge in [-0.1, -0.05) is 11.6 Å². The lowest BCUT2D eigenvalue weighted by Crippen LogP contribution is -2.07. The van der Waals surface area contributed by atoms with Crippen molar-refractivity contribution in [1.29, 1.82) is 5.26 Å². The molecule has 1 N–H and O–H groups in total. The molecule has 1 aromatic carbocycles. The summed E-state index contributed by atoms with van der Waals surface area (Å²) < 4.78 is 4.52. The molecule has 0 saturated heterocycles. The zero-order valence-corrected chi connectivity index (χ0v) is 8.71. The summed E-state index contributed by atoms with van der Waals surface area (Å²) in [6.45, 7) is -0.380. The predicted octanol–water partition coefficient (Wildman–Crippen LogP) is 1.49. The van der Waals surface area contributed by atoms with E-state index in [0.717, 1.165) is 0 Å². The largest absolute Gasteiger partial charge is 0.465 e. The van der Waals surface area contributed by atoms with E-state index in [9.17, 15) is 4.79 Å². The highest BCUT2D eigenvalue weighted by molar-refractivity contribution is 6.32. The Morgan fingerprint density at radius 1 is 1.67 bits per heavy atom. The first-order valence-electron chi connectivity index (χ1n) is 4.05. The fraction of sp³-hybridized carbons (Fsp3) is 0.200. The number of halogens is 1. The van der Waals surface area contributed by atoms with E-state index in [0.29, 0.717) is 0 Å². The van der Waals surface area contributed by atoms with Crippen LogP contribution >= 0.6 is 11.6 Å². The van der Waals surface area contributed by atoms with Crippen LogP contribution in [0.15, 0.2) is 12.1 Å². The van der Waals surface area contributed by atoms with E-state index in [4.69, 9.17) is 22.0 Å². The maximum atomic E-state index is 11.3. The first-order chi connectivity index (χ1) is 7.13. The van der Waals surface area contributed by atoms with Gasteiger partial charge in [0.25, 0.3) is 0 Å². The van der Waals surface area contributed by atoms with Crippen LogP contribution in [0.3, 0.4) is 0 Å². The molecule has 0 aliphatic heterocycles. The van der Waals surface area contributed by atoms with Gasteiger partial charge in [-0.3, -0.25) is 0 Å². The van der Waals surface area contributed by atoms with Crippen molar-refractivity contribution in [3.05, 3.63) is 33.8 Å². The summed E-state index contributed by atoms with van der Waals surface area (Å²) in [6.07, 6.45) is 0. The molecule has 0 amide bonds. The number of carbonyl (C=O) groups is 1. The summed E-state index contributed by atoms with van der Waals surface area (Å²) in [5.74, 6) is -0.627. The SMILES string of the molecule is COC(=O)c1cc(C#N)cc(Cl)c1CO. The molecule has 5 heteroatoms. The van der Waals surface area contributed by atoms with Crippen LogP contribution in [0, 0.1) is 11.3 Å². The van der Waals surface area contributed by atoms with E-state index in [1.165, 1.54) is 19.2 Å². The van der Waals surface area contributed by atoms with Crippen molar-refractivity contribution in [1.82, 2.24) is 0 Å². The number of aliphatic hydroxyl groups is 1. The monoisotopic (exact) mass is 225 g/mol. The van der Waals surface area contributed by atoms with Crippen molar-refractivity contribution >= 4 is 17.6 Å². The molecule has 0 bridgehead atoms. The van der Waals surface area contributed by atoms with Gasteiger partial charge in [0, 0.05) is 10.6 Å². The molecule has 4 nitrogen and oxygen atoms in total. The fourth-order valence-electron chi connectivity index (χ4n) is 1.15.